The molecule has 0 bridgehead atoms. The molecule has 0 radical (unpaired) electrons. The number of aromatic nitrogens is 3. The quantitative estimate of drug-likeness (QED) is 0.852. The van der Waals surface area contributed by atoms with Gasteiger partial charge in [-0.3, -0.25) is 0 Å². The highest BCUT2D eigenvalue weighted by Crippen LogP contribution is 2.29. The van der Waals surface area contributed by atoms with Gasteiger partial charge >= 0.3 is 0 Å². The highest BCUT2D eigenvalue weighted by molar-refractivity contribution is 5.61. The van der Waals surface area contributed by atoms with E-state index in [0.29, 0.717) is 0 Å². The van der Waals surface area contributed by atoms with Crippen LogP contribution in [0, 0.1) is 0 Å². The lowest BCUT2D eigenvalue weighted by Crippen LogP contribution is -2.30. The van der Waals surface area contributed by atoms with Crippen molar-refractivity contribution in [3.05, 3.63) is 35.9 Å². The first-order valence-corrected chi connectivity index (χ1v) is 6.78. The SMILES string of the molecule is CCn1ncnc1CN1CCCc2cc(N)ccc21. The summed E-state index contributed by atoms with van der Waals surface area (Å²) in [6.45, 7) is 4.82. The van der Waals surface area contributed by atoms with Gasteiger partial charge in [0.05, 0.1) is 6.54 Å². The zero-order chi connectivity index (χ0) is 13.2. The van der Waals surface area contributed by atoms with Gasteiger partial charge in [-0.05, 0) is 43.5 Å². The van der Waals surface area contributed by atoms with Gasteiger partial charge in [-0.15, -0.1) is 0 Å². The van der Waals surface area contributed by atoms with Crippen molar-refractivity contribution in [2.45, 2.75) is 32.9 Å². The van der Waals surface area contributed by atoms with E-state index in [-0.39, 0.29) is 0 Å². The van der Waals surface area contributed by atoms with Gasteiger partial charge in [-0.25, -0.2) is 9.67 Å². The Labute approximate surface area is 113 Å². The third kappa shape index (κ3) is 2.28. The molecule has 2 aromatic rings. The van der Waals surface area contributed by atoms with Crippen molar-refractivity contribution in [1.82, 2.24) is 14.8 Å². The lowest BCUT2D eigenvalue weighted by atomic mass is 10.0. The number of nitrogens with two attached hydrogens (primary N) is 1. The number of hydrogen-bond donors (Lipinski definition) is 1. The Kier molecular flexibility index (Phi) is 3.11. The molecule has 1 aliphatic heterocycles. The van der Waals surface area contributed by atoms with Gasteiger partial charge in [0.25, 0.3) is 0 Å². The molecular weight excluding hydrogens is 238 g/mol. The summed E-state index contributed by atoms with van der Waals surface area (Å²) in [6, 6.07) is 6.18. The van der Waals surface area contributed by atoms with Crippen LogP contribution >= 0.6 is 0 Å². The molecule has 2 heterocycles. The van der Waals surface area contributed by atoms with Crippen molar-refractivity contribution >= 4 is 11.4 Å². The first kappa shape index (κ1) is 12.0. The van der Waals surface area contributed by atoms with Gasteiger partial charge in [0.2, 0.25) is 0 Å². The molecule has 0 saturated heterocycles. The Morgan fingerprint density at radius 1 is 1.37 bits per heavy atom. The van der Waals surface area contributed by atoms with E-state index in [4.69, 9.17) is 5.73 Å². The number of aryl methyl sites for hydroxylation is 2. The van der Waals surface area contributed by atoms with Crippen molar-refractivity contribution in [2.24, 2.45) is 0 Å². The van der Waals surface area contributed by atoms with Gasteiger partial charge in [0.1, 0.15) is 12.2 Å². The van der Waals surface area contributed by atoms with E-state index in [0.717, 1.165) is 44.0 Å². The summed E-state index contributed by atoms with van der Waals surface area (Å²) in [7, 11) is 0. The molecular formula is C14H19N5. The summed E-state index contributed by atoms with van der Waals surface area (Å²) >= 11 is 0. The fourth-order valence-corrected chi connectivity index (χ4v) is 2.70. The number of anilines is 2. The number of nitrogen functional groups attached to an aromatic ring is 1. The fourth-order valence-electron chi connectivity index (χ4n) is 2.70. The second-order valence-electron chi connectivity index (χ2n) is 4.91. The van der Waals surface area contributed by atoms with Crippen LogP contribution in [0.1, 0.15) is 24.7 Å². The van der Waals surface area contributed by atoms with E-state index < -0.39 is 0 Å². The number of fused-ring (bicyclic) bond motifs is 1. The maximum atomic E-state index is 5.86. The maximum absolute atomic E-state index is 5.86. The molecule has 100 valence electrons. The Hall–Kier alpha value is -2.04. The number of rotatable bonds is 3. The molecule has 3 rings (SSSR count). The summed E-state index contributed by atoms with van der Waals surface area (Å²) < 4.78 is 1.95. The molecule has 0 fully saturated rings. The van der Waals surface area contributed by atoms with Crippen molar-refractivity contribution in [1.29, 1.82) is 0 Å². The second kappa shape index (κ2) is 4.91. The normalized spacial score (nSPS) is 14.5. The Bertz CT molecular complexity index is 575. The van der Waals surface area contributed by atoms with Crippen molar-refractivity contribution in [3.63, 3.8) is 0 Å². The number of nitrogens with zero attached hydrogens (tertiary/aromatic N) is 4. The van der Waals surface area contributed by atoms with E-state index in [2.05, 4.69) is 34.0 Å². The monoisotopic (exact) mass is 257 g/mol. The van der Waals surface area contributed by atoms with Gasteiger partial charge < -0.3 is 10.6 Å². The van der Waals surface area contributed by atoms with Crippen LogP contribution in [0.15, 0.2) is 24.5 Å². The Morgan fingerprint density at radius 2 is 2.26 bits per heavy atom. The standard InChI is InChI=1S/C14H19N5/c1-2-19-14(16-10-17-19)9-18-7-3-4-11-8-12(15)5-6-13(11)18/h5-6,8,10H,2-4,7,9,15H2,1H3. The molecule has 5 heteroatoms. The first-order chi connectivity index (χ1) is 9.28. The zero-order valence-electron chi connectivity index (χ0n) is 11.2. The van der Waals surface area contributed by atoms with Crippen molar-refractivity contribution in [3.8, 4) is 0 Å². The minimum absolute atomic E-state index is 0.810. The molecule has 0 spiro atoms. The van der Waals surface area contributed by atoms with Gasteiger partial charge in [-0.1, -0.05) is 0 Å². The minimum atomic E-state index is 0.810. The van der Waals surface area contributed by atoms with Crippen LogP contribution in [0.5, 0.6) is 0 Å². The highest BCUT2D eigenvalue weighted by Gasteiger charge is 2.18. The molecule has 5 nitrogen and oxygen atoms in total. The molecule has 0 aliphatic carbocycles. The van der Waals surface area contributed by atoms with Gasteiger partial charge in [0, 0.05) is 24.5 Å². The second-order valence-corrected chi connectivity index (χ2v) is 4.91. The van der Waals surface area contributed by atoms with Crippen LogP contribution in [0.4, 0.5) is 11.4 Å². The largest absolute Gasteiger partial charge is 0.399 e. The minimum Gasteiger partial charge on any atom is -0.399 e. The summed E-state index contributed by atoms with van der Waals surface area (Å²) in [6.07, 6.45) is 3.90. The lowest BCUT2D eigenvalue weighted by Gasteiger charge is -2.31. The van der Waals surface area contributed by atoms with E-state index in [1.54, 1.807) is 6.33 Å². The summed E-state index contributed by atoms with van der Waals surface area (Å²) in [5.74, 6) is 1.02. The molecule has 1 aromatic carbocycles. The third-order valence-corrected chi connectivity index (χ3v) is 3.65. The van der Waals surface area contributed by atoms with Crippen LogP contribution in [0.25, 0.3) is 0 Å². The zero-order valence-corrected chi connectivity index (χ0v) is 11.2. The van der Waals surface area contributed by atoms with Crippen LogP contribution in [-0.2, 0) is 19.5 Å². The van der Waals surface area contributed by atoms with Crippen LogP contribution in [0.3, 0.4) is 0 Å². The predicted molar refractivity (Wildman–Crippen MR) is 75.9 cm³/mol. The van der Waals surface area contributed by atoms with Crippen molar-refractivity contribution < 1.29 is 0 Å². The van der Waals surface area contributed by atoms with E-state index in [9.17, 15) is 0 Å². The molecule has 0 saturated carbocycles. The molecule has 2 N–H and O–H groups in total. The maximum Gasteiger partial charge on any atom is 0.146 e. The summed E-state index contributed by atoms with van der Waals surface area (Å²) in [5.41, 5.74) is 9.33. The lowest BCUT2D eigenvalue weighted by molar-refractivity contribution is 0.590. The molecule has 19 heavy (non-hydrogen) atoms. The molecule has 1 aliphatic rings. The van der Waals surface area contributed by atoms with Crippen LogP contribution < -0.4 is 10.6 Å². The highest BCUT2D eigenvalue weighted by atomic mass is 15.3. The fraction of sp³-hybridized carbons (Fsp3) is 0.429. The smallest absolute Gasteiger partial charge is 0.146 e. The average molecular weight is 257 g/mol. The van der Waals surface area contributed by atoms with Gasteiger partial charge in [-0.2, -0.15) is 5.10 Å². The van der Waals surface area contributed by atoms with Crippen LogP contribution in [-0.4, -0.2) is 21.3 Å². The molecule has 1 aromatic heterocycles. The summed E-state index contributed by atoms with van der Waals surface area (Å²) in [4.78, 5) is 6.73. The molecule has 0 atom stereocenters. The average Bonchev–Trinajstić information content (AvgIpc) is 2.86. The van der Waals surface area contributed by atoms with Crippen molar-refractivity contribution in [2.75, 3.05) is 17.2 Å². The first-order valence-electron chi connectivity index (χ1n) is 6.78. The number of benzene rings is 1. The molecule has 0 unspecified atom stereocenters. The Balaban J connectivity index is 1.88. The predicted octanol–water partition coefficient (Wildman–Crippen LogP) is 1.83. The van der Waals surface area contributed by atoms with Gasteiger partial charge in [0.15, 0.2) is 0 Å². The van der Waals surface area contributed by atoms with E-state index in [1.165, 1.54) is 11.3 Å². The Morgan fingerprint density at radius 3 is 3.11 bits per heavy atom. The van der Waals surface area contributed by atoms with E-state index in [1.807, 2.05) is 10.7 Å². The number of hydrogen-bond acceptors (Lipinski definition) is 4. The molecule has 0 amide bonds. The third-order valence-electron chi connectivity index (χ3n) is 3.65. The topological polar surface area (TPSA) is 60.0 Å². The van der Waals surface area contributed by atoms with Crippen LogP contribution in [0.2, 0.25) is 0 Å². The summed E-state index contributed by atoms with van der Waals surface area (Å²) in [5, 5.41) is 4.23. The van der Waals surface area contributed by atoms with E-state index >= 15 is 0 Å².